The van der Waals surface area contributed by atoms with Crippen LogP contribution in [-0.4, -0.2) is 54.7 Å². The Bertz CT molecular complexity index is 1240. The van der Waals surface area contributed by atoms with Gasteiger partial charge in [-0.3, -0.25) is 19.3 Å². The normalized spacial score (nSPS) is 12.7. The van der Waals surface area contributed by atoms with Gasteiger partial charge in [0, 0.05) is 30.9 Å². The third-order valence-electron chi connectivity index (χ3n) is 5.66. The van der Waals surface area contributed by atoms with E-state index in [2.05, 4.69) is 10.6 Å². The maximum Gasteiger partial charge on any atom is 0.261 e. The molecule has 1 heterocycles. The number of nitrogens with one attached hydrogen (secondary N) is 2. The van der Waals surface area contributed by atoms with Crippen molar-refractivity contribution in [2.45, 2.75) is 6.54 Å². The largest absolute Gasteiger partial charge is 0.397 e. The number of hydrogen-bond donors (Lipinski definition) is 3. The molecule has 1 aliphatic heterocycles. The van der Waals surface area contributed by atoms with E-state index in [4.69, 9.17) is 5.73 Å². The van der Waals surface area contributed by atoms with Gasteiger partial charge in [-0.15, -0.1) is 0 Å². The van der Waals surface area contributed by atoms with E-state index in [9.17, 15) is 14.4 Å². The fraction of sp³-hybridized carbons (Fsp3) is 0.192. The fourth-order valence-corrected chi connectivity index (χ4v) is 3.69. The maximum atomic E-state index is 12.7. The molecule has 0 atom stereocenters. The number of nitrogens with two attached hydrogens (primary N) is 1. The molecule has 0 aliphatic carbocycles. The molecule has 0 fully saturated rings. The van der Waals surface area contributed by atoms with Gasteiger partial charge in [-0.25, -0.2) is 0 Å². The minimum Gasteiger partial charge on any atom is -0.397 e. The fourth-order valence-electron chi connectivity index (χ4n) is 3.69. The van der Waals surface area contributed by atoms with E-state index in [1.807, 2.05) is 43.3 Å². The summed E-state index contributed by atoms with van der Waals surface area (Å²) in [6, 6.07) is 19.5. The van der Waals surface area contributed by atoms with Crippen molar-refractivity contribution in [3.63, 3.8) is 0 Å². The molecule has 3 aromatic rings. The van der Waals surface area contributed by atoms with Crippen LogP contribution in [0.2, 0.25) is 0 Å². The van der Waals surface area contributed by atoms with Gasteiger partial charge in [-0.2, -0.15) is 0 Å². The highest BCUT2D eigenvalue weighted by Crippen LogP contribution is 2.26. The van der Waals surface area contributed by atoms with Gasteiger partial charge in [0.05, 0.1) is 22.5 Å². The molecule has 0 spiro atoms. The SMILES string of the molecule is CN(C)CCN1C(=O)c2ccc(NCc3ccc(C(=O)Nc4ccccc4N)cc3)cc2C1=O. The van der Waals surface area contributed by atoms with E-state index in [1.165, 1.54) is 4.90 Å². The van der Waals surface area contributed by atoms with Crippen molar-refractivity contribution >= 4 is 34.8 Å². The number of carbonyl (C=O) groups excluding carboxylic acids is 3. The molecule has 1 aliphatic rings. The predicted molar refractivity (Wildman–Crippen MR) is 133 cm³/mol. The van der Waals surface area contributed by atoms with Crippen LogP contribution in [0.3, 0.4) is 0 Å². The lowest BCUT2D eigenvalue weighted by Gasteiger charge is -2.16. The molecule has 0 unspecified atom stereocenters. The summed E-state index contributed by atoms with van der Waals surface area (Å²) in [5.41, 5.74) is 10.0. The Balaban J connectivity index is 1.37. The standard InChI is InChI=1S/C26H27N5O3/c1-30(2)13-14-31-25(33)20-12-11-19(15-21(20)26(31)34)28-16-17-7-9-18(10-8-17)24(32)29-23-6-4-3-5-22(23)27/h3-12,15,28H,13-14,16,27H2,1-2H3,(H,29,32). The van der Waals surface area contributed by atoms with Crippen LogP contribution in [0.25, 0.3) is 0 Å². The number of nitrogen functional groups attached to an aromatic ring is 1. The first-order chi connectivity index (χ1) is 16.3. The number of benzene rings is 3. The predicted octanol–water partition coefficient (Wildman–Crippen LogP) is 3.29. The van der Waals surface area contributed by atoms with Gasteiger partial charge in [0.2, 0.25) is 0 Å². The molecule has 4 N–H and O–H groups in total. The topological polar surface area (TPSA) is 108 Å². The summed E-state index contributed by atoms with van der Waals surface area (Å²) in [5, 5.41) is 6.09. The second kappa shape index (κ2) is 9.76. The number of para-hydroxylation sites is 2. The first-order valence-corrected chi connectivity index (χ1v) is 11.0. The van der Waals surface area contributed by atoms with Crippen molar-refractivity contribution in [1.82, 2.24) is 9.80 Å². The molecule has 8 heteroatoms. The lowest BCUT2D eigenvalue weighted by molar-refractivity contribution is 0.0644. The Kier molecular flexibility index (Phi) is 6.60. The average Bonchev–Trinajstić information content (AvgIpc) is 3.07. The van der Waals surface area contributed by atoms with Gasteiger partial charge in [0.1, 0.15) is 0 Å². The van der Waals surface area contributed by atoms with Crippen molar-refractivity contribution in [3.8, 4) is 0 Å². The molecule has 8 nitrogen and oxygen atoms in total. The molecule has 0 radical (unpaired) electrons. The van der Waals surface area contributed by atoms with Crippen LogP contribution in [0.1, 0.15) is 36.6 Å². The Hall–Kier alpha value is -4.17. The van der Waals surface area contributed by atoms with Crippen molar-refractivity contribution in [2.24, 2.45) is 0 Å². The summed E-state index contributed by atoms with van der Waals surface area (Å²) >= 11 is 0. The molecule has 3 aromatic carbocycles. The zero-order valence-corrected chi connectivity index (χ0v) is 19.2. The second-order valence-corrected chi connectivity index (χ2v) is 8.42. The summed E-state index contributed by atoms with van der Waals surface area (Å²) in [4.78, 5) is 41.0. The van der Waals surface area contributed by atoms with Gasteiger partial charge >= 0.3 is 0 Å². The third-order valence-corrected chi connectivity index (χ3v) is 5.66. The molecule has 0 bridgehead atoms. The Morgan fingerprint density at radius 2 is 1.65 bits per heavy atom. The summed E-state index contributed by atoms with van der Waals surface area (Å²) in [5.74, 6) is -0.752. The molecule has 34 heavy (non-hydrogen) atoms. The van der Waals surface area contributed by atoms with E-state index in [0.717, 1.165) is 11.3 Å². The highest BCUT2D eigenvalue weighted by molar-refractivity contribution is 6.21. The monoisotopic (exact) mass is 457 g/mol. The van der Waals surface area contributed by atoms with Crippen molar-refractivity contribution in [1.29, 1.82) is 0 Å². The molecular formula is C26H27N5O3. The number of amides is 3. The summed E-state index contributed by atoms with van der Waals surface area (Å²) < 4.78 is 0. The molecule has 174 valence electrons. The van der Waals surface area contributed by atoms with E-state index >= 15 is 0 Å². The van der Waals surface area contributed by atoms with Crippen molar-refractivity contribution in [3.05, 3.63) is 89.0 Å². The summed E-state index contributed by atoms with van der Waals surface area (Å²) in [6.45, 7) is 1.47. The zero-order chi connectivity index (χ0) is 24.2. The first-order valence-electron chi connectivity index (χ1n) is 11.0. The number of anilines is 3. The molecule has 0 saturated heterocycles. The van der Waals surface area contributed by atoms with Crippen LogP contribution in [-0.2, 0) is 6.54 Å². The van der Waals surface area contributed by atoms with Crippen LogP contribution in [0.15, 0.2) is 66.7 Å². The van der Waals surface area contributed by atoms with E-state index in [-0.39, 0.29) is 17.7 Å². The van der Waals surface area contributed by atoms with Gasteiger partial charge in [-0.05, 0) is 62.1 Å². The molecular weight excluding hydrogens is 430 g/mol. The van der Waals surface area contributed by atoms with Crippen LogP contribution >= 0.6 is 0 Å². The van der Waals surface area contributed by atoms with Crippen LogP contribution in [0, 0.1) is 0 Å². The number of imide groups is 1. The zero-order valence-electron chi connectivity index (χ0n) is 19.2. The quantitative estimate of drug-likeness (QED) is 0.354. The molecule has 0 aromatic heterocycles. The Morgan fingerprint density at radius 1 is 0.941 bits per heavy atom. The number of hydrogen-bond acceptors (Lipinski definition) is 6. The lowest BCUT2D eigenvalue weighted by atomic mass is 10.1. The number of rotatable bonds is 8. The van der Waals surface area contributed by atoms with E-state index in [1.54, 1.807) is 42.5 Å². The first kappa shape index (κ1) is 23.0. The number of nitrogens with zero attached hydrogens (tertiary/aromatic N) is 2. The average molecular weight is 458 g/mol. The number of likely N-dealkylation sites (N-methyl/N-ethyl adjacent to an activating group) is 1. The Morgan fingerprint density at radius 3 is 2.35 bits per heavy atom. The molecule has 4 rings (SSSR count). The van der Waals surface area contributed by atoms with Crippen molar-refractivity contribution in [2.75, 3.05) is 43.6 Å². The van der Waals surface area contributed by atoms with Crippen LogP contribution < -0.4 is 16.4 Å². The third kappa shape index (κ3) is 4.92. The maximum absolute atomic E-state index is 12.7. The van der Waals surface area contributed by atoms with Crippen molar-refractivity contribution < 1.29 is 14.4 Å². The van der Waals surface area contributed by atoms with Gasteiger partial charge < -0.3 is 21.3 Å². The molecule has 0 saturated carbocycles. The summed E-state index contributed by atoms with van der Waals surface area (Å²) in [7, 11) is 3.80. The highest BCUT2D eigenvalue weighted by Gasteiger charge is 2.35. The Labute approximate surface area is 198 Å². The minimum atomic E-state index is -0.264. The minimum absolute atomic E-state index is 0.238. The van der Waals surface area contributed by atoms with E-state index in [0.29, 0.717) is 47.7 Å². The van der Waals surface area contributed by atoms with Crippen LogP contribution in [0.5, 0.6) is 0 Å². The van der Waals surface area contributed by atoms with Gasteiger partial charge in [0.25, 0.3) is 17.7 Å². The van der Waals surface area contributed by atoms with E-state index < -0.39 is 0 Å². The lowest BCUT2D eigenvalue weighted by Crippen LogP contribution is -2.35. The van der Waals surface area contributed by atoms with Gasteiger partial charge in [-0.1, -0.05) is 24.3 Å². The summed E-state index contributed by atoms with van der Waals surface area (Å²) in [6.07, 6.45) is 0. The highest BCUT2D eigenvalue weighted by atomic mass is 16.2. The second-order valence-electron chi connectivity index (χ2n) is 8.42. The van der Waals surface area contributed by atoms with Gasteiger partial charge in [0.15, 0.2) is 0 Å². The molecule has 3 amide bonds. The number of carbonyl (C=O) groups is 3. The number of fused-ring (bicyclic) bond motifs is 1. The smallest absolute Gasteiger partial charge is 0.261 e. The van der Waals surface area contributed by atoms with Crippen LogP contribution in [0.4, 0.5) is 17.1 Å².